The first-order valence-electron chi connectivity index (χ1n) is 7.70. The van der Waals surface area contributed by atoms with Crippen LogP contribution >= 0.6 is 0 Å². The van der Waals surface area contributed by atoms with Crippen molar-refractivity contribution in [3.05, 3.63) is 30.3 Å². The molecule has 120 valence electrons. The zero-order chi connectivity index (χ0) is 16.1. The van der Waals surface area contributed by atoms with E-state index in [0.717, 1.165) is 5.75 Å². The molecule has 5 heteroatoms. The van der Waals surface area contributed by atoms with Gasteiger partial charge >= 0.3 is 0 Å². The Bertz CT molecular complexity index is 518. The van der Waals surface area contributed by atoms with E-state index in [2.05, 4.69) is 0 Å². The van der Waals surface area contributed by atoms with Crippen LogP contribution in [-0.2, 0) is 9.59 Å². The van der Waals surface area contributed by atoms with E-state index < -0.39 is 0 Å². The molecule has 2 atom stereocenters. The highest BCUT2D eigenvalue weighted by atomic mass is 16.5. The number of carbonyl (C=O) groups is 2. The van der Waals surface area contributed by atoms with Gasteiger partial charge in [-0.15, -0.1) is 0 Å². The summed E-state index contributed by atoms with van der Waals surface area (Å²) in [7, 11) is 3.50. The summed E-state index contributed by atoms with van der Waals surface area (Å²) in [6.45, 7) is 3.09. The van der Waals surface area contributed by atoms with E-state index in [4.69, 9.17) is 4.74 Å². The van der Waals surface area contributed by atoms with Crippen LogP contribution in [0, 0.1) is 5.92 Å². The van der Waals surface area contributed by atoms with Gasteiger partial charge in [-0.25, -0.2) is 0 Å². The number of para-hydroxylation sites is 1. The maximum atomic E-state index is 12.4. The summed E-state index contributed by atoms with van der Waals surface area (Å²) >= 11 is 0. The third-order valence-corrected chi connectivity index (χ3v) is 4.20. The maximum Gasteiger partial charge on any atom is 0.245 e. The zero-order valence-corrected chi connectivity index (χ0v) is 13.5. The van der Waals surface area contributed by atoms with E-state index in [1.807, 2.05) is 37.3 Å². The SMILES string of the molecule is CC(CCOc1ccccc1)C(=O)N(C)C1CCN(C)C1=O. The summed E-state index contributed by atoms with van der Waals surface area (Å²) in [4.78, 5) is 27.7. The number of rotatable bonds is 6. The maximum absolute atomic E-state index is 12.4. The predicted molar refractivity (Wildman–Crippen MR) is 84.5 cm³/mol. The van der Waals surface area contributed by atoms with Crippen LogP contribution in [0.25, 0.3) is 0 Å². The van der Waals surface area contributed by atoms with E-state index in [1.165, 1.54) is 0 Å². The van der Waals surface area contributed by atoms with Gasteiger partial charge < -0.3 is 14.5 Å². The summed E-state index contributed by atoms with van der Waals surface area (Å²) in [5, 5.41) is 0. The molecule has 5 nitrogen and oxygen atoms in total. The topological polar surface area (TPSA) is 49.9 Å². The minimum Gasteiger partial charge on any atom is -0.494 e. The fourth-order valence-electron chi connectivity index (χ4n) is 2.66. The molecule has 0 radical (unpaired) electrons. The summed E-state index contributed by atoms with van der Waals surface area (Å²) in [5.74, 6) is 0.685. The molecule has 2 amide bonds. The number of hydrogen-bond acceptors (Lipinski definition) is 3. The lowest BCUT2D eigenvalue weighted by molar-refractivity contribution is -0.142. The van der Waals surface area contributed by atoms with Crippen LogP contribution in [0.5, 0.6) is 5.75 Å². The second-order valence-electron chi connectivity index (χ2n) is 5.86. The third-order valence-electron chi connectivity index (χ3n) is 4.20. The van der Waals surface area contributed by atoms with Gasteiger partial charge in [0.15, 0.2) is 0 Å². The molecular formula is C17H24N2O3. The van der Waals surface area contributed by atoms with E-state index in [0.29, 0.717) is 26.0 Å². The van der Waals surface area contributed by atoms with Crippen molar-refractivity contribution in [2.45, 2.75) is 25.8 Å². The van der Waals surface area contributed by atoms with Crippen LogP contribution < -0.4 is 4.74 Å². The first-order chi connectivity index (χ1) is 10.5. The van der Waals surface area contributed by atoms with Crippen LogP contribution in [0.4, 0.5) is 0 Å². The minimum atomic E-state index is -0.310. The predicted octanol–water partition coefficient (Wildman–Crippen LogP) is 1.78. The molecule has 0 spiro atoms. The summed E-state index contributed by atoms with van der Waals surface area (Å²) < 4.78 is 5.62. The lowest BCUT2D eigenvalue weighted by Gasteiger charge is -2.26. The van der Waals surface area contributed by atoms with Gasteiger partial charge in [-0.2, -0.15) is 0 Å². The molecule has 0 aliphatic carbocycles. The summed E-state index contributed by atoms with van der Waals surface area (Å²) in [6.07, 6.45) is 1.35. The van der Waals surface area contributed by atoms with Gasteiger partial charge in [-0.3, -0.25) is 9.59 Å². The summed E-state index contributed by atoms with van der Waals surface area (Å²) in [6, 6.07) is 9.25. The number of likely N-dealkylation sites (N-methyl/N-ethyl adjacent to an activating group) is 2. The van der Waals surface area contributed by atoms with Crippen molar-refractivity contribution in [3.63, 3.8) is 0 Å². The Morgan fingerprint density at radius 3 is 2.68 bits per heavy atom. The minimum absolute atomic E-state index is 0.00492. The van der Waals surface area contributed by atoms with Crippen molar-refractivity contribution in [1.29, 1.82) is 0 Å². The van der Waals surface area contributed by atoms with E-state index in [9.17, 15) is 9.59 Å². The molecule has 1 fully saturated rings. The van der Waals surface area contributed by atoms with Crippen molar-refractivity contribution in [1.82, 2.24) is 9.80 Å². The first-order valence-corrected chi connectivity index (χ1v) is 7.70. The van der Waals surface area contributed by atoms with Gasteiger partial charge in [0.25, 0.3) is 0 Å². The van der Waals surface area contributed by atoms with Crippen LogP contribution in [0.15, 0.2) is 30.3 Å². The Kier molecular flexibility index (Phi) is 5.41. The fourth-order valence-corrected chi connectivity index (χ4v) is 2.66. The monoisotopic (exact) mass is 304 g/mol. The molecule has 0 bridgehead atoms. The fraction of sp³-hybridized carbons (Fsp3) is 0.529. The average Bonchev–Trinajstić information content (AvgIpc) is 2.86. The number of ether oxygens (including phenoxy) is 1. The Morgan fingerprint density at radius 1 is 1.41 bits per heavy atom. The van der Waals surface area contributed by atoms with Crippen LogP contribution in [0.3, 0.4) is 0 Å². The van der Waals surface area contributed by atoms with Crippen molar-refractivity contribution in [3.8, 4) is 5.75 Å². The van der Waals surface area contributed by atoms with Gasteiger partial charge in [-0.05, 0) is 25.0 Å². The Balaban J connectivity index is 1.80. The van der Waals surface area contributed by atoms with Gasteiger partial charge in [0, 0.05) is 26.6 Å². The van der Waals surface area contributed by atoms with E-state index in [1.54, 1.807) is 23.9 Å². The molecule has 0 aromatic heterocycles. The standard InChI is InChI=1S/C17H24N2O3/c1-13(10-12-22-14-7-5-4-6-8-14)16(20)19(3)15-9-11-18(2)17(15)21/h4-8,13,15H,9-12H2,1-3H3. The number of amides is 2. The highest BCUT2D eigenvalue weighted by Crippen LogP contribution is 2.18. The van der Waals surface area contributed by atoms with Crippen LogP contribution in [0.1, 0.15) is 19.8 Å². The second kappa shape index (κ2) is 7.29. The molecule has 1 aliphatic rings. The highest BCUT2D eigenvalue weighted by molar-refractivity contribution is 5.89. The van der Waals surface area contributed by atoms with E-state index >= 15 is 0 Å². The molecule has 0 saturated carbocycles. The number of hydrogen-bond donors (Lipinski definition) is 0. The highest BCUT2D eigenvalue weighted by Gasteiger charge is 2.35. The van der Waals surface area contributed by atoms with Crippen molar-refractivity contribution in [2.24, 2.45) is 5.92 Å². The Hall–Kier alpha value is -2.04. The molecule has 2 rings (SSSR count). The smallest absolute Gasteiger partial charge is 0.245 e. The van der Waals surface area contributed by atoms with E-state index in [-0.39, 0.29) is 23.8 Å². The molecule has 1 aromatic rings. The van der Waals surface area contributed by atoms with Gasteiger partial charge in [-0.1, -0.05) is 25.1 Å². The van der Waals surface area contributed by atoms with Crippen molar-refractivity contribution >= 4 is 11.8 Å². The number of nitrogens with zero attached hydrogens (tertiary/aromatic N) is 2. The number of likely N-dealkylation sites (tertiary alicyclic amines) is 1. The molecule has 1 aliphatic heterocycles. The Morgan fingerprint density at radius 2 is 2.09 bits per heavy atom. The van der Waals surface area contributed by atoms with Gasteiger partial charge in [0.05, 0.1) is 6.61 Å². The van der Waals surface area contributed by atoms with Gasteiger partial charge in [0.2, 0.25) is 11.8 Å². The zero-order valence-electron chi connectivity index (χ0n) is 13.5. The Labute approximate surface area is 131 Å². The largest absolute Gasteiger partial charge is 0.494 e. The lowest BCUT2D eigenvalue weighted by atomic mass is 10.1. The molecule has 2 unspecified atom stereocenters. The van der Waals surface area contributed by atoms with Crippen LogP contribution in [0.2, 0.25) is 0 Å². The normalized spacial score (nSPS) is 19.1. The second-order valence-corrected chi connectivity index (χ2v) is 5.86. The third kappa shape index (κ3) is 3.78. The molecule has 0 N–H and O–H groups in total. The average molecular weight is 304 g/mol. The quantitative estimate of drug-likeness (QED) is 0.805. The number of benzene rings is 1. The van der Waals surface area contributed by atoms with Crippen LogP contribution in [-0.4, -0.2) is 54.9 Å². The summed E-state index contributed by atoms with van der Waals surface area (Å²) in [5.41, 5.74) is 0. The number of carbonyl (C=O) groups excluding carboxylic acids is 2. The van der Waals surface area contributed by atoms with Crippen molar-refractivity contribution < 1.29 is 14.3 Å². The molecule has 1 heterocycles. The molecule has 22 heavy (non-hydrogen) atoms. The molecule has 1 aromatic carbocycles. The molecular weight excluding hydrogens is 280 g/mol. The molecule has 1 saturated heterocycles. The first kappa shape index (κ1) is 16.3. The van der Waals surface area contributed by atoms with Gasteiger partial charge in [0.1, 0.15) is 11.8 Å². The van der Waals surface area contributed by atoms with Crippen molar-refractivity contribution in [2.75, 3.05) is 27.2 Å². The lowest BCUT2D eigenvalue weighted by Crippen LogP contribution is -2.44.